The maximum absolute atomic E-state index is 12.1. The summed E-state index contributed by atoms with van der Waals surface area (Å²) in [5, 5.41) is 0. The lowest BCUT2D eigenvalue weighted by atomic mass is 9.84. The molecule has 0 bridgehead atoms. The average molecular weight is 296 g/mol. The molecule has 1 aromatic rings. The molecule has 0 aromatic heterocycles. The molecule has 1 aliphatic carbocycles. The summed E-state index contributed by atoms with van der Waals surface area (Å²) in [7, 11) is -3.45. The van der Waals surface area contributed by atoms with Gasteiger partial charge in [-0.1, -0.05) is 31.4 Å². The second-order valence-corrected chi connectivity index (χ2v) is 7.38. The van der Waals surface area contributed by atoms with Crippen LogP contribution in [0.25, 0.3) is 0 Å². The van der Waals surface area contributed by atoms with Crippen LogP contribution in [0, 0.1) is 0 Å². The molecule has 0 amide bonds. The molecule has 112 valence electrons. The lowest BCUT2D eigenvalue weighted by Crippen LogP contribution is -2.37. The molecule has 1 aromatic carbocycles. The van der Waals surface area contributed by atoms with Crippen molar-refractivity contribution in [2.45, 2.75) is 55.9 Å². The van der Waals surface area contributed by atoms with Gasteiger partial charge in [0.15, 0.2) is 0 Å². The van der Waals surface area contributed by atoms with Crippen molar-refractivity contribution in [3.63, 3.8) is 0 Å². The van der Waals surface area contributed by atoms with Crippen molar-refractivity contribution in [3.05, 3.63) is 29.8 Å². The number of rotatable bonds is 5. The number of sulfonamides is 1. The highest BCUT2D eigenvalue weighted by atomic mass is 32.2. The highest BCUT2D eigenvalue weighted by molar-refractivity contribution is 7.89. The van der Waals surface area contributed by atoms with E-state index in [1.807, 2.05) is 12.1 Å². The van der Waals surface area contributed by atoms with Crippen molar-refractivity contribution >= 4 is 10.0 Å². The summed E-state index contributed by atoms with van der Waals surface area (Å²) in [5.41, 5.74) is 6.71. The molecule has 1 unspecified atom stereocenters. The number of nitrogens with one attached hydrogen (secondary N) is 1. The van der Waals surface area contributed by atoms with Gasteiger partial charge in [0.1, 0.15) is 0 Å². The highest BCUT2D eigenvalue weighted by Crippen LogP contribution is 2.32. The fraction of sp³-hybridized carbons (Fsp3) is 0.600. The van der Waals surface area contributed by atoms with E-state index >= 15 is 0 Å². The Morgan fingerprint density at radius 2 is 1.80 bits per heavy atom. The van der Waals surface area contributed by atoms with Crippen molar-refractivity contribution in [1.82, 2.24) is 4.72 Å². The lowest BCUT2D eigenvalue weighted by molar-refractivity contribution is 0.443. The topological polar surface area (TPSA) is 72.2 Å². The van der Waals surface area contributed by atoms with E-state index in [0.717, 1.165) is 0 Å². The Labute approximate surface area is 121 Å². The van der Waals surface area contributed by atoms with Crippen molar-refractivity contribution in [3.8, 4) is 0 Å². The number of nitrogens with two attached hydrogens (primary N) is 1. The molecule has 4 nitrogen and oxygen atoms in total. The summed E-state index contributed by atoms with van der Waals surface area (Å²) < 4.78 is 26.8. The molecule has 1 atom stereocenters. The zero-order valence-corrected chi connectivity index (χ0v) is 12.8. The largest absolute Gasteiger partial charge is 0.329 e. The highest BCUT2D eigenvalue weighted by Gasteiger charge is 2.19. The predicted octanol–water partition coefficient (Wildman–Crippen LogP) is 2.36. The van der Waals surface area contributed by atoms with E-state index in [1.54, 1.807) is 19.1 Å². The average Bonchev–Trinajstić information content (AvgIpc) is 2.48. The molecule has 1 saturated carbocycles. The van der Waals surface area contributed by atoms with E-state index in [0.29, 0.717) is 17.4 Å². The normalized spacial score (nSPS) is 18.9. The molecular weight excluding hydrogens is 272 g/mol. The van der Waals surface area contributed by atoms with Crippen LogP contribution in [0.15, 0.2) is 29.2 Å². The third-order valence-corrected chi connectivity index (χ3v) is 5.58. The van der Waals surface area contributed by atoms with E-state index in [4.69, 9.17) is 5.73 Å². The Hall–Kier alpha value is -0.910. The van der Waals surface area contributed by atoms with E-state index in [9.17, 15) is 8.42 Å². The van der Waals surface area contributed by atoms with Crippen LogP contribution in [0.5, 0.6) is 0 Å². The summed E-state index contributed by atoms with van der Waals surface area (Å²) in [4.78, 5) is 0.317. The first-order valence-corrected chi connectivity index (χ1v) is 8.83. The van der Waals surface area contributed by atoms with Gasteiger partial charge in [-0.25, -0.2) is 13.1 Å². The van der Waals surface area contributed by atoms with Gasteiger partial charge in [0, 0.05) is 12.6 Å². The van der Waals surface area contributed by atoms with Crippen LogP contribution >= 0.6 is 0 Å². The lowest BCUT2D eigenvalue weighted by Gasteiger charge is -2.22. The summed E-state index contributed by atoms with van der Waals surface area (Å²) in [6.45, 7) is 2.05. The quantitative estimate of drug-likeness (QED) is 0.876. The second-order valence-electron chi connectivity index (χ2n) is 5.66. The summed E-state index contributed by atoms with van der Waals surface area (Å²) >= 11 is 0. The van der Waals surface area contributed by atoms with Crippen LogP contribution < -0.4 is 10.5 Å². The standard InChI is InChI=1S/C15H24N2O2S/c1-12(11-16)17-20(18,19)15-9-7-14(8-10-15)13-5-3-2-4-6-13/h7-10,12-13,17H,2-6,11,16H2,1H3. The predicted molar refractivity (Wildman–Crippen MR) is 81.1 cm³/mol. The minimum absolute atomic E-state index is 0.252. The molecule has 20 heavy (non-hydrogen) atoms. The third kappa shape index (κ3) is 3.81. The Morgan fingerprint density at radius 3 is 2.35 bits per heavy atom. The SMILES string of the molecule is CC(CN)NS(=O)(=O)c1ccc(C2CCCCC2)cc1. The molecule has 0 saturated heterocycles. The fourth-order valence-electron chi connectivity index (χ4n) is 2.74. The van der Waals surface area contributed by atoms with Crippen LogP contribution in [-0.2, 0) is 10.0 Å². The molecular formula is C15H24N2O2S. The van der Waals surface area contributed by atoms with Crippen LogP contribution in [-0.4, -0.2) is 21.0 Å². The van der Waals surface area contributed by atoms with Gasteiger partial charge >= 0.3 is 0 Å². The van der Waals surface area contributed by atoms with Crippen molar-refractivity contribution in [1.29, 1.82) is 0 Å². The number of hydrogen-bond acceptors (Lipinski definition) is 3. The van der Waals surface area contributed by atoms with Crippen LogP contribution in [0.3, 0.4) is 0 Å². The van der Waals surface area contributed by atoms with Crippen molar-refractivity contribution in [2.24, 2.45) is 5.73 Å². The molecule has 0 spiro atoms. The van der Waals surface area contributed by atoms with E-state index in [2.05, 4.69) is 4.72 Å². The van der Waals surface area contributed by atoms with Gasteiger partial charge in [0.25, 0.3) is 0 Å². The Bertz CT molecular complexity index is 519. The van der Waals surface area contributed by atoms with Gasteiger partial charge in [-0.2, -0.15) is 0 Å². The smallest absolute Gasteiger partial charge is 0.240 e. The number of benzene rings is 1. The van der Waals surface area contributed by atoms with Crippen molar-refractivity contribution < 1.29 is 8.42 Å². The van der Waals surface area contributed by atoms with Gasteiger partial charge in [0.05, 0.1) is 4.90 Å². The Kier molecular flexibility index (Phi) is 5.18. The maximum Gasteiger partial charge on any atom is 0.240 e. The van der Waals surface area contributed by atoms with Gasteiger partial charge in [-0.15, -0.1) is 0 Å². The Morgan fingerprint density at radius 1 is 1.20 bits per heavy atom. The zero-order valence-electron chi connectivity index (χ0n) is 12.0. The Balaban J connectivity index is 2.11. The van der Waals surface area contributed by atoms with Crippen molar-refractivity contribution in [2.75, 3.05) is 6.54 Å². The molecule has 2 rings (SSSR count). The van der Waals surface area contributed by atoms with Crippen LogP contribution in [0.4, 0.5) is 0 Å². The second kappa shape index (κ2) is 6.70. The van der Waals surface area contributed by atoms with Gasteiger partial charge < -0.3 is 5.73 Å². The summed E-state index contributed by atoms with van der Waals surface area (Å²) in [6, 6.07) is 7.07. The first-order valence-electron chi connectivity index (χ1n) is 7.35. The first kappa shape index (κ1) is 15.5. The minimum Gasteiger partial charge on any atom is -0.329 e. The van der Waals surface area contributed by atoms with E-state index < -0.39 is 10.0 Å². The summed E-state index contributed by atoms with van der Waals surface area (Å²) in [6.07, 6.45) is 6.31. The molecule has 0 aliphatic heterocycles. The zero-order chi connectivity index (χ0) is 14.6. The summed E-state index contributed by atoms with van der Waals surface area (Å²) in [5.74, 6) is 0.594. The molecule has 5 heteroatoms. The first-order chi connectivity index (χ1) is 9.53. The third-order valence-electron chi connectivity index (χ3n) is 3.98. The van der Waals surface area contributed by atoms with Crippen LogP contribution in [0.1, 0.15) is 50.5 Å². The van der Waals surface area contributed by atoms with Gasteiger partial charge in [-0.3, -0.25) is 0 Å². The van der Waals surface area contributed by atoms with Gasteiger partial charge in [-0.05, 0) is 43.4 Å². The molecule has 3 N–H and O–H groups in total. The monoisotopic (exact) mass is 296 g/mol. The number of hydrogen-bond donors (Lipinski definition) is 2. The van der Waals surface area contributed by atoms with Crippen LogP contribution in [0.2, 0.25) is 0 Å². The fourth-order valence-corrected chi connectivity index (χ4v) is 3.99. The molecule has 0 heterocycles. The minimum atomic E-state index is -3.45. The molecule has 1 aliphatic rings. The molecule has 0 radical (unpaired) electrons. The molecule has 1 fully saturated rings. The van der Waals surface area contributed by atoms with E-state index in [-0.39, 0.29) is 6.04 Å². The van der Waals surface area contributed by atoms with Gasteiger partial charge in [0.2, 0.25) is 10.0 Å². The van der Waals surface area contributed by atoms with E-state index in [1.165, 1.54) is 37.7 Å². The maximum atomic E-state index is 12.1.